The summed E-state index contributed by atoms with van der Waals surface area (Å²) in [6.07, 6.45) is 16.3. The minimum Gasteiger partial charge on any atom is -0.488 e. The number of ether oxygens (including phenoxy) is 1. The van der Waals surface area contributed by atoms with Gasteiger partial charge in [0, 0.05) is 10.8 Å². The van der Waals surface area contributed by atoms with E-state index in [0.29, 0.717) is 22.5 Å². The van der Waals surface area contributed by atoms with Crippen LogP contribution in [-0.2, 0) is 11.3 Å². The molecular weight excluding hydrogens is 559 g/mol. The second-order valence-electron chi connectivity index (χ2n) is 11.3. The lowest BCUT2D eigenvalue weighted by atomic mass is 9.92. The molecule has 6 nitrogen and oxygen atoms in total. The smallest absolute Gasteiger partial charge is 0.353 e. The van der Waals surface area contributed by atoms with Crippen LogP contribution in [0.2, 0.25) is 5.02 Å². The van der Waals surface area contributed by atoms with Crippen molar-refractivity contribution < 1.29 is 9.13 Å². The lowest BCUT2D eigenvalue weighted by molar-refractivity contribution is 0.142. The summed E-state index contributed by atoms with van der Waals surface area (Å²) in [5.41, 5.74) is -0.308. The highest BCUT2D eigenvalue weighted by Crippen LogP contribution is 2.31. The largest absolute Gasteiger partial charge is 0.488 e. The molecule has 0 saturated heterocycles. The number of benzene rings is 1. The molecule has 1 heterocycles. The van der Waals surface area contributed by atoms with Crippen molar-refractivity contribution in [3.63, 3.8) is 0 Å². The lowest BCUT2D eigenvalue weighted by Crippen LogP contribution is -2.38. The summed E-state index contributed by atoms with van der Waals surface area (Å²) in [7, 11) is 0. The molecule has 1 atom stereocenters. The van der Waals surface area contributed by atoms with Crippen LogP contribution < -0.4 is 11.0 Å². The number of unbranched alkanes of at least 4 members (excludes halogenated alkanes) is 9. The number of rotatable bonds is 18. The van der Waals surface area contributed by atoms with Crippen LogP contribution in [0.4, 0.5) is 10.3 Å². The monoisotopic (exact) mass is 604 g/mol. The number of hydrogen-bond acceptors (Lipinski definition) is 6. The van der Waals surface area contributed by atoms with Crippen LogP contribution in [0.1, 0.15) is 104 Å². The molecule has 1 N–H and O–H groups in total. The predicted molar refractivity (Wildman–Crippen MR) is 170 cm³/mol. The fourth-order valence-corrected chi connectivity index (χ4v) is 5.70. The maximum absolute atomic E-state index is 14.9. The number of nitrogens with one attached hydrogen (secondary N) is 1. The number of allylic oxidation sites excluding steroid dienone is 1. The zero-order chi connectivity index (χ0) is 29.7. The molecule has 1 aromatic carbocycles. The molecule has 0 saturated carbocycles. The van der Waals surface area contributed by atoms with E-state index in [1.165, 1.54) is 73.8 Å². The first-order valence-electron chi connectivity index (χ1n) is 15.1. The molecule has 0 spiro atoms. The van der Waals surface area contributed by atoms with Crippen LogP contribution in [0.15, 0.2) is 58.0 Å². The second-order valence-corrected chi connectivity index (χ2v) is 12.8. The lowest BCUT2D eigenvalue weighted by Gasteiger charge is -2.31. The van der Waals surface area contributed by atoms with Crippen molar-refractivity contribution in [2.24, 2.45) is 0 Å². The highest BCUT2D eigenvalue weighted by atomic mass is 35.5. The van der Waals surface area contributed by atoms with Crippen LogP contribution in [-0.4, -0.2) is 31.9 Å². The van der Waals surface area contributed by atoms with E-state index in [2.05, 4.69) is 17.2 Å². The summed E-state index contributed by atoms with van der Waals surface area (Å²) in [5.74, 6) is 1.02. The molecule has 41 heavy (non-hydrogen) atoms. The molecule has 0 aliphatic heterocycles. The van der Waals surface area contributed by atoms with E-state index in [0.717, 1.165) is 24.2 Å². The Balaban J connectivity index is 1.66. The van der Waals surface area contributed by atoms with Gasteiger partial charge in [-0.2, -0.15) is 9.97 Å². The molecule has 0 radical (unpaired) electrons. The van der Waals surface area contributed by atoms with Gasteiger partial charge in [0.15, 0.2) is 16.7 Å². The summed E-state index contributed by atoms with van der Waals surface area (Å²) < 4.78 is 22.0. The van der Waals surface area contributed by atoms with Gasteiger partial charge in [-0.3, -0.25) is 4.57 Å². The van der Waals surface area contributed by atoms with E-state index in [4.69, 9.17) is 21.3 Å². The van der Waals surface area contributed by atoms with Crippen LogP contribution in [0.5, 0.6) is 0 Å². The molecule has 1 aliphatic carbocycles. The Bertz CT molecular complexity index is 1220. The third-order valence-electron chi connectivity index (χ3n) is 7.01. The van der Waals surface area contributed by atoms with Crippen molar-refractivity contribution in [1.29, 1.82) is 0 Å². The quantitative estimate of drug-likeness (QED) is 0.135. The average Bonchev–Trinajstić information content (AvgIpc) is 2.92. The Morgan fingerprint density at radius 3 is 2.29 bits per heavy atom. The summed E-state index contributed by atoms with van der Waals surface area (Å²) in [6.45, 7) is 8.13. The summed E-state index contributed by atoms with van der Waals surface area (Å²) in [5, 5.41) is 4.40. The maximum Gasteiger partial charge on any atom is 0.353 e. The predicted octanol–water partition coefficient (Wildman–Crippen LogP) is 9.09. The van der Waals surface area contributed by atoms with Gasteiger partial charge in [0.1, 0.15) is 0 Å². The van der Waals surface area contributed by atoms with E-state index in [1.807, 2.05) is 32.9 Å². The van der Waals surface area contributed by atoms with Gasteiger partial charge in [-0.25, -0.2) is 9.18 Å². The molecule has 0 fully saturated rings. The highest BCUT2D eigenvalue weighted by Gasteiger charge is 2.30. The van der Waals surface area contributed by atoms with Gasteiger partial charge in [-0.15, -0.1) is 0 Å². The third-order valence-corrected chi connectivity index (χ3v) is 8.20. The molecule has 1 aliphatic rings. The number of nitrogens with zero attached hydrogens (tertiary/aromatic N) is 3. The molecule has 226 valence electrons. The van der Waals surface area contributed by atoms with Gasteiger partial charge in [-0.1, -0.05) is 100 Å². The van der Waals surface area contributed by atoms with Crippen molar-refractivity contribution in [2.75, 3.05) is 11.1 Å². The SMILES string of the molecule is CCCCCCCCCCCCSc1nc(NC2(C)C=C(F)C(OC(C)C)=CC2)n(Cc2ccc(Cl)cc2)c(=O)n1. The van der Waals surface area contributed by atoms with Crippen molar-refractivity contribution in [3.05, 3.63) is 69.1 Å². The zero-order valence-corrected chi connectivity index (χ0v) is 26.6. The van der Waals surface area contributed by atoms with E-state index in [-0.39, 0.29) is 18.4 Å². The maximum atomic E-state index is 14.9. The van der Waals surface area contributed by atoms with Crippen molar-refractivity contribution >= 4 is 29.3 Å². The average molecular weight is 605 g/mol. The fourth-order valence-electron chi connectivity index (χ4n) is 4.75. The Morgan fingerprint density at radius 1 is 1.05 bits per heavy atom. The highest BCUT2D eigenvalue weighted by molar-refractivity contribution is 7.99. The zero-order valence-electron chi connectivity index (χ0n) is 25.1. The molecule has 2 aromatic rings. The third kappa shape index (κ3) is 11.5. The first kappa shape index (κ1) is 33.2. The van der Waals surface area contributed by atoms with Crippen molar-refractivity contribution in [3.8, 4) is 0 Å². The summed E-state index contributed by atoms with van der Waals surface area (Å²) >= 11 is 7.55. The molecule has 1 aromatic heterocycles. The Labute approximate surface area is 254 Å². The first-order valence-corrected chi connectivity index (χ1v) is 16.5. The topological polar surface area (TPSA) is 69.0 Å². The van der Waals surface area contributed by atoms with Crippen LogP contribution in [0.25, 0.3) is 0 Å². The van der Waals surface area contributed by atoms with Gasteiger partial charge in [0.2, 0.25) is 5.95 Å². The second kappa shape index (κ2) is 17.0. The number of halogens is 2. The number of hydrogen-bond donors (Lipinski definition) is 1. The number of anilines is 1. The van der Waals surface area contributed by atoms with Gasteiger partial charge in [0.25, 0.3) is 0 Å². The Kier molecular flexibility index (Phi) is 13.7. The standard InChI is InChI=1S/C32H46ClFN4O2S/c1-5-6-7-8-9-10-11-12-13-14-21-41-30-35-29(37-32(4)20-19-28(27(34)22-32)40-24(2)3)38(31(39)36-30)23-25-15-17-26(33)18-16-25/h15-19,22,24H,5-14,20-21,23H2,1-4H3,(H,35,36,37,39). The van der Waals surface area contributed by atoms with E-state index in [9.17, 15) is 9.18 Å². The summed E-state index contributed by atoms with van der Waals surface area (Å²) in [6, 6.07) is 7.31. The first-order chi connectivity index (χ1) is 19.7. The van der Waals surface area contributed by atoms with E-state index >= 15 is 0 Å². The minimum absolute atomic E-state index is 0.126. The van der Waals surface area contributed by atoms with Crippen LogP contribution in [0.3, 0.4) is 0 Å². The molecule has 3 rings (SSSR count). The number of thioether (sulfide) groups is 1. The van der Waals surface area contributed by atoms with E-state index < -0.39 is 17.1 Å². The van der Waals surface area contributed by atoms with Crippen molar-refractivity contribution in [2.45, 2.75) is 122 Å². The minimum atomic E-state index is -0.797. The molecule has 1 unspecified atom stereocenters. The van der Waals surface area contributed by atoms with Gasteiger partial charge < -0.3 is 10.1 Å². The van der Waals surface area contributed by atoms with Crippen LogP contribution >= 0.6 is 23.4 Å². The Morgan fingerprint density at radius 2 is 1.68 bits per heavy atom. The molecule has 9 heteroatoms. The van der Waals surface area contributed by atoms with Gasteiger partial charge in [0.05, 0.1) is 18.2 Å². The summed E-state index contributed by atoms with van der Waals surface area (Å²) in [4.78, 5) is 22.2. The fraction of sp³-hybridized carbons (Fsp3) is 0.594. The molecule has 0 amide bonds. The molecule has 0 bridgehead atoms. The van der Waals surface area contributed by atoms with Crippen LogP contribution in [0, 0.1) is 0 Å². The Hall–Kier alpha value is -2.32. The molecular formula is C32H46ClFN4O2S. The number of aromatic nitrogens is 3. The van der Waals surface area contributed by atoms with E-state index in [1.54, 1.807) is 18.2 Å². The van der Waals surface area contributed by atoms with Gasteiger partial charge in [-0.05, 0) is 63.5 Å². The normalized spacial score (nSPS) is 17.0. The van der Waals surface area contributed by atoms with Gasteiger partial charge >= 0.3 is 5.69 Å². The van der Waals surface area contributed by atoms with Crippen molar-refractivity contribution in [1.82, 2.24) is 14.5 Å².